The predicted octanol–water partition coefficient (Wildman–Crippen LogP) is 0.532. The molecule has 8 heteroatoms. The molecule has 1 unspecified atom stereocenters. The number of carbonyl (C=O) groups is 2. The smallest absolute Gasteiger partial charge is 0.261 e. The van der Waals surface area contributed by atoms with Gasteiger partial charge in [-0.15, -0.1) is 0 Å². The van der Waals surface area contributed by atoms with Crippen LogP contribution in [-0.4, -0.2) is 62.4 Å². The number of ether oxygens (including phenoxy) is 1. The first kappa shape index (κ1) is 18.7. The van der Waals surface area contributed by atoms with Crippen molar-refractivity contribution in [2.24, 2.45) is 0 Å². The second kappa shape index (κ2) is 7.65. The summed E-state index contributed by atoms with van der Waals surface area (Å²) in [6, 6.07) is 7.52. The van der Waals surface area contributed by atoms with E-state index in [1.54, 1.807) is 11.9 Å². The van der Waals surface area contributed by atoms with Gasteiger partial charge >= 0.3 is 0 Å². The lowest BCUT2D eigenvalue weighted by Gasteiger charge is -2.31. The average molecular weight is 380 g/mol. The van der Waals surface area contributed by atoms with Crippen molar-refractivity contribution in [3.05, 3.63) is 29.8 Å². The van der Waals surface area contributed by atoms with Gasteiger partial charge in [-0.25, -0.2) is 8.42 Å². The summed E-state index contributed by atoms with van der Waals surface area (Å²) in [5.74, 6) is 0.408. The molecule has 3 rings (SSSR count). The van der Waals surface area contributed by atoms with Crippen LogP contribution in [0.1, 0.15) is 24.8 Å². The van der Waals surface area contributed by atoms with Gasteiger partial charge in [-0.1, -0.05) is 18.2 Å². The maximum Gasteiger partial charge on any atom is 0.261 e. The summed E-state index contributed by atoms with van der Waals surface area (Å²) in [6.45, 7) is -0.111. The number of nitrogens with zero attached hydrogens (tertiary/aromatic N) is 1. The Morgan fingerprint density at radius 2 is 1.88 bits per heavy atom. The number of fused-ring (bicyclic) bond motifs is 1. The molecule has 1 N–H and O–H groups in total. The van der Waals surface area contributed by atoms with E-state index in [-0.39, 0.29) is 35.9 Å². The second-order valence-electron chi connectivity index (χ2n) is 6.86. The number of para-hydroxylation sites is 1. The van der Waals surface area contributed by atoms with Crippen molar-refractivity contribution in [2.75, 3.05) is 25.1 Å². The standard InChI is InChI=1S/C18H24N2O5S/c1-20(14-8-10-26(23,24)11-9-14)17(21)12-19-18(22)16-7-6-13-4-2-3-5-15(13)25-16/h2-5,14,16H,6-12H2,1H3,(H,19,22). The molecule has 2 aliphatic heterocycles. The number of carbonyl (C=O) groups excluding carboxylic acids is 2. The fourth-order valence-electron chi connectivity index (χ4n) is 3.38. The van der Waals surface area contributed by atoms with Gasteiger partial charge in [-0.05, 0) is 37.3 Å². The van der Waals surface area contributed by atoms with Crippen LogP contribution in [0.2, 0.25) is 0 Å². The highest BCUT2D eigenvalue weighted by molar-refractivity contribution is 7.91. The van der Waals surface area contributed by atoms with Gasteiger partial charge in [0, 0.05) is 13.1 Å². The minimum Gasteiger partial charge on any atom is -0.480 e. The lowest BCUT2D eigenvalue weighted by atomic mass is 10.0. The summed E-state index contributed by atoms with van der Waals surface area (Å²) in [7, 11) is -1.31. The fourth-order valence-corrected chi connectivity index (χ4v) is 4.85. The Kier molecular flexibility index (Phi) is 5.50. The van der Waals surface area contributed by atoms with Crippen molar-refractivity contribution in [3.8, 4) is 5.75 Å². The molecule has 0 aliphatic carbocycles. The van der Waals surface area contributed by atoms with Crippen molar-refractivity contribution in [2.45, 2.75) is 37.8 Å². The molecule has 7 nitrogen and oxygen atoms in total. The maximum absolute atomic E-state index is 12.3. The zero-order valence-corrected chi connectivity index (χ0v) is 15.6. The fraction of sp³-hybridized carbons (Fsp3) is 0.556. The Bertz CT molecular complexity index is 779. The molecule has 0 radical (unpaired) electrons. The zero-order valence-electron chi connectivity index (χ0n) is 14.8. The van der Waals surface area contributed by atoms with Crippen LogP contribution in [0.25, 0.3) is 0 Å². The highest BCUT2D eigenvalue weighted by atomic mass is 32.2. The molecule has 1 saturated heterocycles. The highest BCUT2D eigenvalue weighted by Crippen LogP contribution is 2.27. The van der Waals surface area contributed by atoms with Crippen LogP contribution in [0.5, 0.6) is 5.75 Å². The normalized spacial score (nSPS) is 22.0. The quantitative estimate of drug-likeness (QED) is 0.823. The monoisotopic (exact) mass is 380 g/mol. The van der Waals surface area contributed by atoms with Crippen LogP contribution in [0.3, 0.4) is 0 Å². The number of aryl methyl sites for hydroxylation is 1. The van der Waals surface area contributed by atoms with Crippen LogP contribution in [0.4, 0.5) is 0 Å². The van der Waals surface area contributed by atoms with Gasteiger partial charge in [-0.3, -0.25) is 9.59 Å². The number of sulfone groups is 1. The van der Waals surface area contributed by atoms with E-state index < -0.39 is 15.9 Å². The molecule has 2 amide bonds. The molecule has 1 fully saturated rings. The first-order valence-electron chi connectivity index (χ1n) is 8.84. The van der Waals surface area contributed by atoms with E-state index in [0.29, 0.717) is 25.0 Å². The summed E-state index contributed by atoms with van der Waals surface area (Å²) in [5, 5.41) is 2.65. The van der Waals surface area contributed by atoms with Crippen molar-refractivity contribution in [3.63, 3.8) is 0 Å². The molecular formula is C18H24N2O5S. The molecule has 1 aromatic rings. The van der Waals surface area contributed by atoms with Crippen molar-refractivity contribution >= 4 is 21.7 Å². The van der Waals surface area contributed by atoms with Gasteiger partial charge < -0.3 is 15.0 Å². The van der Waals surface area contributed by atoms with E-state index in [4.69, 9.17) is 4.74 Å². The summed E-state index contributed by atoms with van der Waals surface area (Å²) in [6.07, 6.45) is 1.64. The minimum absolute atomic E-state index is 0.0965. The summed E-state index contributed by atoms with van der Waals surface area (Å²) in [5.41, 5.74) is 1.08. The molecule has 1 aromatic carbocycles. The Morgan fingerprint density at radius 1 is 1.19 bits per heavy atom. The van der Waals surface area contributed by atoms with E-state index in [0.717, 1.165) is 12.0 Å². The molecular weight excluding hydrogens is 356 g/mol. The summed E-state index contributed by atoms with van der Waals surface area (Å²) >= 11 is 0. The Balaban J connectivity index is 1.48. The number of rotatable bonds is 4. The van der Waals surface area contributed by atoms with E-state index in [1.165, 1.54) is 0 Å². The van der Waals surface area contributed by atoms with Crippen LogP contribution in [-0.2, 0) is 25.8 Å². The Hall–Kier alpha value is -2.09. The Morgan fingerprint density at radius 3 is 2.62 bits per heavy atom. The first-order valence-corrected chi connectivity index (χ1v) is 10.7. The van der Waals surface area contributed by atoms with E-state index in [2.05, 4.69) is 5.32 Å². The van der Waals surface area contributed by atoms with Gasteiger partial charge in [0.2, 0.25) is 5.91 Å². The van der Waals surface area contributed by atoms with E-state index >= 15 is 0 Å². The molecule has 2 heterocycles. The SMILES string of the molecule is CN(C(=O)CNC(=O)C1CCc2ccccc2O1)C1CCS(=O)(=O)CC1. The van der Waals surface area contributed by atoms with Crippen LogP contribution >= 0.6 is 0 Å². The molecule has 142 valence electrons. The van der Waals surface area contributed by atoms with Gasteiger partial charge in [-0.2, -0.15) is 0 Å². The second-order valence-corrected chi connectivity index (χ2v) is 9.16. The lowest BCUT2D eigenvalue weighted by molar-refractivity contribution is -0.135. The summed E-state index contributed by atoms with van der Waals surface area (Å²) in [4.78, 5) is 26.2. The predicted molar refractivity (Wildman–Crippen MR) is 96.6 cm³/mol. The molecule has 1 atom stereocenters. The molecule has 0 saturated carbocycles. The zero-order chi connectivity index (χ0) is 18.7. The largest absolute Gasteiger partial charge is 0.480 e. The molecule has 26 heavy (non-hydrogen) atoms. The minimum atomic E-state index is -2.96. The number of hydrogen-bond donors (Lipinski definition) is 1. The molecule has 0 bridgehead atoms. The number of amides is 2. The first-order chi connectivity index (χ1) is 12.4. The van der Waals surface area contributed by atoms with Gasteiger partial charge in [0.05, 0.1) is 18.1 Å². The van der Waals surface area contributed by atoms with Gasteiger partial charge in [0.1, 0.15) is 15.6 Å². The third kappa shape index (κ3) is 4.35. The highest BCUT2D eigenvalue weighted by Gasteiger charge is 2.30. The maximum atomic E-state index is 12.3. The van der Waals surface area contributed by atoms with Gasteiger partial charge in [0.25, 0.3) is 5.91 Å². The van der Waals surface area contributed by atoms with Gasteiger partial charge in [0.15, 0.2) is 6.10 Å². The third-order valence-electron chi connectivity index (χ3n) is 5.09. The number of likely N-dealkylation sites (N-methyl/N-ethyl adjacent to an activating group) is 1. The van der Waals surface area contributed by atoms with Crippen LogP contribution in [0.15, 0.2) is 24.3 Å². The topological polar surface area (TPSA) is 92.8 Å². The van der Waals surface area contributed by atoms with Crippen molar-refractivity contribution < 1.29 is 22.7 Å². The third-order valence-corrected chi connectivity index (χ3v) is 6.80. The number of benzene rings is 1. The average Bonchev–Trinajstić information content (AvgIpc) is 2.64. The van der Waals surface area contributed by atoms with Crippen LogP contribution < -0.4 is 10.1 Å². The van der Waals surface area contributed by atoms with Crippen molar-refractivity contribution in [1.82, 2.24) is 10.2 Å². The number of hydrogen-bond acceptors (Lipinski definition) is 5. The number of nitrogens with one attached hydrogen (secondary N) is 1. The molecule has 0 aromatic heterocycles. The molecule has 2 aliphatic rings. The Labute approximate surface area is 153 Å². The van der Waals surface area contributed by atoms with Crippen LogP contribution in [0, 0.1) is 0 Å². The van der Waals surface area contributed by atoms with E-state index in [9.17, 15) is 18.0 Å². The van der Waals surface area contributed by atoms with Crippen molar-refractivity contribution in [1.29, 1.82) is 0 Å². The van der Waals surface area contributed by atoms with E-state index in [1.807, 2.05) is 24.3 Å². The summed E-state index contributed by atoms with van der Waals surface area (Å²) < 4.78 is 28.7. The molecule has 0 spiro atoms. The lowest BCUT2D eigenvalue weighted by Crippen LogP contribution is -2.48.